The third-order valence-corrected chi connectivity index (χ3v) is 3.04. The van der Waals surface area contributed by atoms with Gasteiger partial charge >= 0.3 is 0 Å². The number of hydrogen-bond donors (Lipinski definition) is 2. The Morgan fingerprint density at radius 2 is 2.21 bits per heavy atom. The molecule has 3 nitrogen and oxygen atoms in total. The summed E-state index contributed by atoms with van der Waals surface area (Å²) in [5.74, 6) is -0.147. The first-order valence-corrected chi connectivity index (χ1v) is 6.63. The summed E-state index contributed by atoms with van der Waals surface area (Å²) in [4.78, 5) is 11.7. The molecule has 4 heteroatoms. The molecule has 0 bridgehead atoms. The van der Waals surface area contributed by atoms with E-state index < -0.39 is 0 Å². The zero-order chi connectivity index (χ0) is 14.3. The lowest BCUT2D eigenvalue weighted by molar-refractivity contribution is -0.116. The van der Waals surface area contributed by atoms with Crippen molar-refractivity contribution in [3.05, 3.63) is 40.9 Å². The van der Waals surface area contributed by atoms with Gasteiger partial charge in [-0.15, -0.1) is 0 Å². The Bertz CT molecular complexity index is 455. The van der Waals surface area contributed by atoms with Crippen LogP contribution < -0.4 is 5.32 Å². The van der Waals surface area contributed by atoms with Crippen LogP contribution in [0.15, 0.2) is 30.3 Å². The van der Waals surface area contributed by atoms with Gasteiger partial charge in [0.2, 0.25) is 5.91 Å². The van der Waals surface area contributed by atoms with Crippen molar-refractivity contribution in [3.63, 3.8) is 0 Å². The second kappa shape index (κ2) is 7.31. The zero-order valence-electron chi connectivity index (χ0n) is 11.3. The average Bonchev–Trinajstić information content (AvgIpc) is 2.34. The van der Waals surface area contributed by atoms with E-state index in [1.165, 1.54) is 6.08 Å². The van der Waals surface area contributed by atoms with Crippen LogP contribution in [0.2, 0.25) is 5.02 Å². The Kier molecular flexibility index (Phi) is 6.06. The molecule has 0 saturated heterocycles. The minimum Gasteiger partial charge on any atom is -0.396 e. The first kappa shape index (κ1) is 15.7. The van der Waals surface area contributed by atoms with Crippen LogP contribution in [0, 0.1) is 5.41 Å². The molecule has 0 fully saturated rings. The fourth-order valence-corrected chi connectivity index (χ4v) is 1.76. The van der Waals surface area contributed by atoms with E-state index in [2.05, 4.69) is 5.32 Å². The zero-order valence-corrected chi connectivity index (χ0v) is 12.1. The number of nitrogens with one attached hydrogen (secondary N) is 1. The van der Waals surface area contributed by atoms with E-state index in [4.69, 9.17) is 16.7 Å². The molecular formula is C15H20ClNO2. The number of carbonyl (C=O) groups excluding carboxylic acids is 1. The molecule has 1 aromatic rings. The maximum absolute atomic E-state index is 11.7. The highest BCUT2D eigenvalue weighted by atomic mass is 35.5. The third kappa shape index (κ3) is 6.41. The number of amides is 1. The molecule has 0 saturated carbocycles. The summed E-state index contributed by atoms with van der Waals surface area (Å²) in [5, 5.41) is 12.4. The second-order valence-corrected chi connectivity index (χ2v) is 5.68. The van der Waals surface area contributed by atoms with E-state index in [1.807, 2.05) is 26.0 Å². The van der Waals surface area contributed by atoms with Gasteiger partial charge in [0.15, 0.2) is 0 Å². The van der Waals surface area contributed by atoms with Crippen LogP contribution >= 0.6 is 11.6 Å². The van der Waals surface area contributed by atoms with Crippen molar-refractivity contribution in [1.82, 2.24) is 5.32 Å². The first-order valence-electron chi connectivity index (χ1n) is 6.25. The molecule has 0 aliphatic rings. The molecule has 0 aliphatic heterocycles. The molecule has 1 amide bonds. The van der Waals surface area contributed by atoms with E-state index in [-0.39, 0.29) is 17.9 Å². The standard InChI is InChI=1S/C15H20ClNO2/c1-15(2,8-9-18)11-17-14(19)7-6-12-4-3-5-13(16)10-12/h3-7,10,18H,8-9,11H2,1-2H3,(H,17,19)/b7-6+. The van der Waals surface area contributed by atoms with Gasteiger partial charge in [-0.2, -0.15) is 0 Å². The van der Waals surface area contributed by atoms with E-state index in [0.29, 0.717) is 18.0 Å². The molecule has 0 heterocycles. The highest BCUT2D eigenvalue weighted by Gasteiger charge is 2.17. The maximum Gasteiger partial charge on any atom is 0.244 e. The van der Waals surface area contributed by atoms with Crippen LogP contribution in [-0.4, -0.2) is 24.2 Å². The average molecular weight is 282 g/mol. The van der Waals surface area contributed by atoms with Gasteiger partial charge in [0, 0.05) is 24.3 Å². The van der Waals surface area contributed by atoms with Crippen molar-refractivity contribution < 1.29 is 9.90 Å². The number of benzene rings is 1. The van der Waals surface area contributed by atoms with Crippen LogP contribution in [0.4, 0.5) is 0 Å². The monoisotopic (exact) mass is 281 g/mol. The molecule has 1 rings (SSSR count). The minimum absolute atomic E-state index is 0.103. The molecule has 104 valence electrons. The van der Waals surface area contributed by atoms with E-state index in [1.54, 1.807) is 18.2 Å². The van der Waals surface area contributed by atoms with Gasteiger partial charge in [-0.25, -0.2) is 0 Å². The highest BCUT2D eigenvalue weighted by molar-refractivity contribution is 6.30. The fraction of sp³-hybridized carbons (Fsp3) is 0.400. The smallest absolute Gasteiger partial charge is 0.244 e. The molecular weight excluding hydrogens is 262 g/mol. The summed E-state index contributed by atoms with van der Waals surface area (Å²) in [6, 6.07) is 7.30. The van der Waals surface area contributed by atoms with Crippen molar-refractivity contribution in [3.8, 4) is 0 Å². The Balaban J connectivity index is 2.47. The summed E-state index contributed by atoms with van der Waals surface area (Å²) in [6.07, 6.45) is 3.87. The van der Waals surface area contributed by atoms with Gasteiger partial charge in [0.1, 0.15) is 0 Å². The largest absolute Gasteiger partial charge is 0.396 e. The van der Waals surface area contributed by atoms with E-state index >= 15 is 0 Å². The molecule has 2 N–H and O–H groups in total. The number of hydrogen-bond acceptors (Lipinski definition) is 2. The molecule has 0 atom stereocenters. The predicted molar refractivity (Wildman–Crippen MR) is 79.0 cm³/mol. The Morgan fingerprint density at radius 3 is 2.84 bits per heavy atom. The molecule has 0 aliphatic carbocycles. The van der Waals surface area contributed by atoms with Gasteiger partial charge in [-0.1, -0.05) is 37.6 Å². The predicted octanol–water partition coefficient (Wildman–Crippen LogP) is 2.88. The molecule has 19 heavy (non-hydrogen) atoms. The Hall–Kier alpha value is -1.32. The van der Waals surface area contributed by atoms with Gasteiger partial charge in [-0.3, -0.25) is 4.79 Å². The number of rotatable bonds is 6. The normalized spacial score (nSPS) is 11.8. The summed E-state index contributed by atoms with van der Waals surface area (Å²) in [6.45, 7) is 4.67. The minimum atomic E-state index is -0.147. The van der Waals surface area contributed by atoms with Crippen molar-refractivity contribution in [2.75, 3.05) is 13.2 Å². The second-order valence-electron chi connectivity index (χ2n) is 5.24. The Labute approximate surface area is 119 Å². The van der Waals surface area contributed by atoms with Crippen LogP contribution in [-0.2, 0) is 4.79 Å². The number of carbonyl (C=O) groups is 1. The third-order valence-electron chi connectivity index (χ3n) is 2.81. The van der Waals surface area contributed by atoms with Gasteiger partial charge in [0.05, 0.1) is 0 Å². The lowest BCUT2D eigenvalue weighted by Gasteiger charge is -2.23. The summed E-state index contributed by atoms with van der Waals surface area (Å²) in [7, 11) is 0. The van der Waals surface area contributed by atoms with Gasteiger partial charge in [0.25, 0.3) is 0 Å². The van der Waals surface area contributed by atoms with Crippen molar-refractivity contribution in [2.45, 2.75) is 20.3 Å². The topological polar surface area (TPSA) is 49.3 Å². The molecule has 0 spiro atoms. The lowest BCUT2D eigenvalue weighted by atomic mass is 9.90. The number of halogens is 1. The molecule has 0 unspecified atom stereocenters. The highest BCUT2D eigenvalue weighted by Crippen LogP contribution is 2.18. The van der Waals surface area contributed by atoms with Crippen molar-refractivity contribution >= 4 is 23.6 Å². The van der Waals surface area contributed by atoms with E-state index in [9.17, 15) is 4.79 Å². The van der Waals surface area contributed by atoms with Crippen LogP contribution in [0.25, 0.3) is 6.08 Å². The maximum atomic E-state index is 11.7. The van der Waals surface area contributed by atoms with Crippen LogP contribution in [0.1, 0.15) is 25.8 Å². The summed E-state index contributed by atoms with van der Waals surface area (Å²) < 4.78 is 0. The first-order chi connectivity index (χ1) is 8.93. The lowest BCUT2D eigenvalue weighted by Crippen LogP contribution is -2.33. The number of aliphatic hydroxyl groups excluding tert-OH is 1. The molecule has 0 radical (unpaired) electrons. The Morgan fingerprint density at radius 1 is 1.47 bits per heavy atom. The summed E-state index contributed by atoms with van der Waals surface area (Å²) >= 11 is 5.86. The van der Waals surface area contributed by atoms with Crippen LogP contribution in [0.5, 0.6) is 0 Å². The van der Waals surface area contributed by atoms with Crippen molar-refractivity contribution in [1.29, 1.82) is 0 Å². The van der Waals surface area contributed by atoms with E-state index in [0.717, 1.165) is 5.56 Å². The summed E-state index contributed by atoms with van der Waals surface area (Å²) in [5.41, 5.74) is 0.783. The van der Waals surface area contributed by atoms with Gasteiger partial charge in [-0.05, 0) is 35.6 Å². The van der Waals surface area contributed by atoms with Crippen molar-refractivity contribution in [2.24, 2.45) is 5.41 Å². The molecule has 1 aromatic carbocycles. The SMILES string of the molecule is CC(C)(CCO)CNC(=O)/C=C/c1cccc(Cl)c1. The van der Waals surface area contributed by atoms with Crippen LogP contribution in [0.3, 0.4) is 0 Å². The number of aliphatic hydroxyl groups is 1. The fourth-order valence-electron chi connectivity index (χ4n) is 1.56. The van der Waals surface area contributed by atoms with Gasteiger partial charge < -0.3 is 10.4 Å². The quantitative estimate of drug-likeness (QED) is 0.788. The molecule has 0 aromatic heterocycles.